The van der Waals surface area contributed by atoms with Crippen LogP contribution in [0, 0.1) is 5.82 Å². The Balaban J connectivity index is 1.54. The third-order valence-electron chi connectivity index (χ3n) is 3.60. The molecule has 0 bridgehead atoms. The Kier molecular flexibility index (Phi) is 5.76. The molecule has 0 fully saturated rings. The van der Waals surface area contributed by atoms with Gasteiger partial charge in [-0.3, -0.25) is 4.79 Å². The second kappa shape index (κ2) is 8.40. The van der Waals surface area contributed by atoms with Crippen LogP contribution in [0.25, 0.3) is 0 Å². The van der Waals surface area contributed by atoms with Gasteiger partial charge in [-0.25, -0.2) is 4.39 Å². The minimum Gasteiger partial charge on any atom is -0.364 e. The Bertz CT molecular complexity index is 902. The van der Waals surface area contributed by atoms with E-state index < -0.39 is 0 Å². The summed E-state index contributed by atoms with van der Waals surface area (Å²) < 4.78 is 13.1. The summed E-state index contributed by atoms with van der Waals surface area (Å²) in [5.41, 5.74) is 1.54. The molecule has 0 atom stereocenters. The number of benzene rings is 2. The summed E-state index contributed by atoms with van der Waals surface area (Å²) in [5, 5.41) is 14.4. The molecule has 0 unspecified atom stereocenters. The first-order chi connectivity index (χ1) is 12.6. The van der Waals surface area contributed by atoms with Crippen LogP contribution in [0.4, 0.5) is 16.0 Å². The van der Waals surface area contributed by atoms with Crippen molar-refractivity contribution in [2.75, 3.05) is 10.6 Å². The number of carbonyl (C=O) groups is 1. The molecule has 2 N–H and O–H groups in total. The van der Waals surface area contributed by atoms with Gasteiger partial charge in [0.15, 0.2) is 5.82 Å². The summed E-state index contributed by atoms with van der Waals surface area (Å²) in [5.74, 6) is 0.230. The van der Waals surface area contributed by atoms with Gasteiger partial charge in [-0.15, -0.1) is 10.2 Å². The number of nitrogens with one attached hydrogen (secondary N) is 2. The van der Waals surface area contributed by atoms with Crippen molar-refractivity contribution in [2.45, 2.75) is 13.0 Å². The highest BCUT2D eigenvalue weighted by atomic mass is 35.5. The molecule has 0 saturated carbocycles. The number of amides is 1. The van der Waals surface area contributed by atoms with Crippen molar-refractivity contribution in [3.05, 3.63) is 82.6 Å². The van der Waals surface area contributed by atoms with E-state index in [0.717, 1.165) is 5.56 Å². The maximum absolute atomic E-state index is 13.1. The molecule has 0 aliphatic carbocycles. The molecule has 1 aromatic heterocycles. The van der Waals surface area contributed by atoms with E-state index >= 15 is 0 Å². The number of hydrogen-bond acceptors (Lipinski definition) is 4. The van der Waals surface area contributed by atoms with Gasteiger partial charge in [0.2, 0.25) is 5.91 Å². The lowest BCUT2D eigenvalue weighted by atomic mass is 10.1. The Morgan fingerprint density at radius 2 is 1.77 bits per heavy atom. The molecule has 5 nitrogen and oxygen atoms in total. The van der Waals surface area contributed by atoms with Crippen LogP contribution in [0.2, 0.25) is 5.02 Å². The predicted octanol–water partition coefficient (Wildman–Crippen LogP) is 4.06. The van der Waals surface area contributed by atoms with Gasteiger partial charge in [0.05, 0.1) is 6.42 Å². The normalized spacial score (nSPS) is 10.4. The first-order valence-electron chi connectivity index (χ1n) is 7.95. The van der Waals surface area contributed by atoms with Gasteiger partial charge in [-0.1, -0.05) is 41.9 Å². The van der Waals surface area contributed by atoms with Gasteiger partial charge < -0.3 is 10.6 Å². The van der Waals surface area contributed by atoms with Gasteiger partial charge in [0, 0.05) is 11.6 Å². The van der Waals surface area contributed by atoms with E-state index in [1.807, 2.05) is 24.3 Å². The van der Waals surface area contributed by atoms with Crippen molar-refractivity contribution in [1.82, 2.24) is 10.2 Å². The molecule has 1 heterocycles. The van der Waals surface area contributed by atoms with Crippen LogP contribution in [-0.2, 0) is 17.8 Å². The van der Waals surface area contributed by atoms with Crippen molar-refractivity contribution < 1.29 is 9.18 Å². The third-order valence-corrected chi connectivity index (χ3v) is 3.97. The summed E-state index contributed by atoms with van der Waals surface area (Å²) in [6.45, 7) is 0.514. The SMILES string of the molecule is O=C(Cc1cccc(F)c1)Nc1ccc(NCc2ccccc2Cl)nn1. The molecule has 0 saturated heterocycles. The number of nitrogens with zero attached hydrogens (tertiary/aromatic N) is 2. The number of rotatable bonds is 6. The minimum atomic E-state index is -0.371. The summed E-state index contributed by atoms with van der Waals surface area (Å²) in [4.78, 5) is 12.0. The first-order valence-corrected chi connectivity index (χ1v) is 8.33. The highest BCUT2D eigenvalue weighted by molar-refractivity contribution is 6.31. The van der Waals surface area contributed by atoms with Gasteiger partial charge in [0.25, 0.3) is 0 Å². The highest BCUT2D eigenvalue weighted by Crippen LogP contribution is 2.16. The fraction of sp³-hybridized carbons (Fsp3) is 0.105. The van der Waals surface area contributed by atoms with Gasteiger partial charge in [0.1, 0.15) is 11.6 Å². The Hall–Kier alpha value is -2.99. The van der Waals surface area contributed by atoms with Crippen molar-refractivity contribution in [3.63, 3.8) is 0 Å². The molecule has 0 aliphatic heterocycles. The molecule has 3 rings (SSSR count). The lowest BCUT2D eigenvalue weighted by Gasteiger charge is -2.08. The number of aromatic nitrogens is 2. The molecule has 7 heteroatoms. The first kappa shape index (κ1) is 17.8. The van der Waals surface area contributed by atoms with E-state index in [4.69, 9.17) is 11.6 Å². The Labute approximate surface area is 155 Å². The molecule has 26 heavy (non-hydrogen) atoms. The zero-order chi connectivity index (χ0) is 18.4. The molecule has 3 aromatic rings. The smallest absolute Gasteiger partial charge is 0.229 e. The van der Waals surface area contributed by atoms with Crippen LogP contribution in [-0.4, -0.2) is 16.1 Å². The topological polar surface area (TPSA) is 66.9 Å². The highest BCUT2D eigenvalue weighted by Gasteiger charge is 2.07. The van der Waals surface area contributed by atoms with Crippen molar-refractivity contribution in [3.8, 4) is 0 Å². The Morgan fingerprint density at radius 3 is 2.50 bits per heavy atom. The maximum Gasteiger partial charge on any atom is 0.229 e. The van der Waals surface area contributed by atoms with E-state index in [1.54, 1.807) is 24.3 Å². The Morgan fingerprint density at radius 1 is 1.00 bits per heavy atom. The lowest BCUT2D eigenvalue weighted by molar-refractivity contribution is -0.115. The second-order valence-electron chi connectivity index (χ2n) is 5.60. The van der Waals surface area contributed by atoms with Gasteiger partial charge in [-0.2, -0.15) is 0 Å². The van der Waals surface area contributed by atoms with Crippen molar-refractivity contribution >= 4 is 29.1 Å². The molecule has 2 aromatic carbocycles. The number of hydrogen-bond donors (Lipinski definition) is 2. The number of carbonyl (C=O) groups excluding carboxylic acids is 1. The van der Waals surface area contributed by atoms with Crippen LogP contribution in [0.15, 0.2) is 60.7 Å². The van der Waals surface area contributed by atoms with E-state index in [9.17, 15) is 9.18 Å². The molecule has 0 aliphatic rings. The van der Waals surface area contributed by atoms with Crippen LogP contribution >= 0.6 is 11.6 Å². The van der Waals surface area contributed by atoms with Crippen LogP contribution < -0.4 is 10.6 Å². The van der Waals surface area contributed by atoms with E-state index in [0.29, 0.717) is 28.8 Å². The minimum absolute atomic E-state index is 0.0615. The van der Waals surface area contributed by atoms with E-state index in [-0.39, 0.29) is 18.1 Å². The molecular formula is C19H16ClFN4O. The predicted molar refractivity (Wildman–Crippen MR) is 99.5 cm³/mol. The number of halogens is 2. The summed E-state index contributed by atoms with van der Waals surface area (Å²) >= 11 is 6.10. The van der Waals surface area contributed by atoms with Crippen LogP contribution in [0.1, 0.15) is 11.1 Å². The molecule has 0 radical (unpaired) electrons. The zero-order valence-electron chi connectivity index (χ0n) is 13.7. The quantitative estimate of drug-likeness (QED) is 0.686. The average molecular weight is 371 g/mol. The third kappa shape index (κ3) is 5.00. The van der Waals surface area contributed by atoms with E-state index in [1.165, 1.54) is 12.1 Å². The summed E-state index contributed by atoms with van der Waals surface area (Å²) in [7, 11) is 0. The van der Waals surface area contributed by atoms with Crippen LogP contribution in [0.3, 0.4) is 0 Å². The zero-order valence-corrected chi connectivity index (χ0v) is 14.5. The largest absolute Gasteiger partial charge is 0.364 e. The van der Waals surface area contributed by atoms with Gasteiger partial charge >= 0.3 is 0 Å². The van der Waals surface area contributed by atoms with Crippen LogP contribution in [0.5, 0.6) is 0 Å². The molecule has 132 valence electrons. The molecule has 0 spiro atoms. The second-order valence-corrected chi connectivity index (χ2v) is 6.01. The maximum atomic E-state index is 13.1. The summed E-state index contributed by atoms with van der Waals surface area (Å²) in [6.07, 6.45) is 0.0615. The monoisotopic (exact) mass is 370 g/mol. The molecule has 1 amide bonds. The summed E-state index contributed by atoms with van der Waals surface area (Å²) in [6, 6.07) is 16.8. The average Bonchev–Trinajstić information content (AvgIpc) is 2.62. The fourth-order valence-electron chi connectivity index (χ4n) is 2.34. The standard InChI is InChI=1S/C19H16ClFN4O/c20-16-7-2-1-5-14(16)12-22-17-8-9-18(25-24-17)23-19(26)11-13-4-3-6-15(21)10-13/h1-10H,11-12H2,(H,22,24)(H,23,25,26). The fourth-order valence-corrected chi connectivity index (χ4v) is 2.54. The molecular weight excluding hydrogens is 355 g/mol. The van der Waals surface area contributed by atoms with Gasteiger partial charge in [-0.05, 0) is 41.5 Å². The van der Waals surface area contributed by atoms with E-state index in [2.05, 4.69) is 20.8 Å². The lowest BCUT2D eigenvalue weighted by Crippen LogP contribution is -2.16. The van der Waals surface area contributed by atoms with Crippen molar-refractivity contribution in [2.24, 2.45) is 0 Å². The van der Waals surface area contributed by atoms with Crippen molar-refractivity contribution in [1.29, 1.82) is 0 Å². The number of anilines is 2.